The lowest BCUT2D eigenvalue weighted by Gasteiger charge is -2.09. The average molecular weight is 284 g/mol. The van der Waals surface area contributed by atoms with Gasteiger partial charge in [0, 0.05) is 6.04 Å². The van der Waals surface area contributed by atoms with Crippen LogP contribution in [-0.2, 0) is 0 Å². The Kier molecular flexibility index (Phi) is 2.45. The van der Waals surface area contributed by atoms with Crippen molar-refractivity contribution in [2.45, 2.75) is 18.9 Å². The molecule has 1 aliphatic carbocycles. The summed E-state index contributed by atoms with van der Waals surface area (Å²) in [5.74, 6) is 0.358. The third kappa shape index (κ3) is 1.93. The summed E-state index contributed by atoms with van der Waals surface area (Å²) < 4.78 is 15.5. The van der Waals surface area contributed by atoms with Crippen LogP contribution in [-0.4, -0.2) is 19.8 Å². The molecule has 0 aliphatic heterocycles. The van der Waals surface area contributed by atoms with Crippen LogP contribution < -0.4 is 0 Å². The second-order valence-corrected chi connectivity index (χ2v) is 5.37. The molecule has 5 heteroatoms. The number of imidazole rings is 1. The van der Waals surface area contributed by atoms with Crippen molar-refractivity contribution in [2.24, 2.45) is 0 Å². The van der Waals surface area contributed by atoms with Gasteiger partial charge in [0.15, 0.2) is 0 Å². The van der Waals surface area contributed by atoms with E-state index in [9.17, 15) is 14.6 Å². The number of halogens is 1. The second-order valence-electron chi connectivity index (χ2n) is 5.37. The maximum atomic E-state index is 13.5. The largest absolute Gasteiger partial charge is 0.508 e. The number of hydrogen-bond acceptors (Lipinski definition) is 3. The fourth-order valence-corrected chi connectivity index (χ4v) is 2.66. The Bertz CT molecular complexity index is 853. The number of fused-ring (bicyclic) bond motifs is 1. The maximum absolute atomic E-state index is 13.5. The molecule has 21 heavy (non-hydrogen) atoms. The molecule has 0 spiro atoms. The molecule has 0 unspecified atom stereocenters. The number of rotatable bonds is 2. The molecule has 1 aliphatic rings. The Morgan fingerprint density at radius 1 is 1.10 bits per heavy atom. The van der Waals surface area contributed by atoms with Crippen LogP contribution in [0.1, 0.15) is 18.9 Å². The Balaban J connectivity index is 2.04. The third-order valence-electron chi connectivity index (χ3n) is 3.78. The molecule has 4 nitrogen and oxygen atoms in total. The summed E-state index contributed by atoms with van der Waals surface area (Å²) in [4.78, 5) is 4.51. The first-order chi connectivity index (χ1) is 10.1. The highest BCUT2D eigenvalue weighted by molar-refractivity contribution is 5.82. The van der Waals surface area contributed by atoms with E-state index in [0.717, 1.165) is 18.4 Å². The Morgan fingerprint density at radius 2 is 1.90 bits per heavy atom. The number of hydrogen-bond donors (Lipinski definition) is 2. The van der Waals surface area contributed by atoms with Crippen LogP contribution in [0.5, 0.6) is 11.5 Å². The molecule has 3 aromatic rings. The number of nitrogens with zero attached hydrogens (tertiary/aromatic N) is 2. The molecule has 1 fully saturated rings. The van der Waals surface area contributed by atoms with Gasteiger partial charge in [-0.15, -0.1) is 0 Å². The van der Waals surface area contributed by atoms with Gasteiger partial charge in [-0.05, 0) is 49.2 Å². The zero-order valence-corrected chi connectivity index (χ0v) is 11.1. The van der Waals surface area contributed by atoms with Crippen molar-refractivity contribution in [1.82, 2.24) is 9.55 Å². The first kappa shape index (κ1) is 12.2. The average Bonchev–Trinajstić information content (AvgIpc) is 3.22. The van der Waals surface area contributed by atoms with Gasteiger partial charge in [-0.25, -0.2) is 9.37 Å². The van der Waals surface area contributed by atoms with Crippen LogP contribution in [0, 0.1) is 5.82 Å². The quantitative estimate of drug-likeness (QED) is 0.707. The number of phenols is 2. The van der Waals surface area contributed by atoms with E-state index in [-0.39, 0.29) is 23.4 Å². The van der Waals surface area contributed by atoms with Gasteiger partial charge in [-0.2, -0.15) is 0 Å². The molecule has 0 bridgehead atoms. The Labute approximate surface area is 120 Å². The number of benzene rings is 2. The van der Waals surface area contributed by atoms with Crippen molar-refractivity contribution in [1.29, 1.82) is 0 Å². The standard InChI is InChI=1S/C16H13FN2O2/c17-9-1-5-13-14(7-9)19(10-2-3-10)16(18-13)12-8-11(20)4-6-15(12)21/h1,4-8,10,20-21H,2-3H2. The maximum Gasteiger partial charge on any atom is 0.145 e. The Hall–Kier alpha value is -2.56. The molecule has 2 aromatic carbocycles. The van der Waals surface area contributed by atoms with Crippen LogP contribution in [0.15, 0.2) is 36.4 Å². The van der Waals surface area contributed by atoms with E-state index in [1.165, 1.54) is 30.3 Å². The minimum Gasteiger partial charge on any atom is -0.508 e. The van der Waals surface area contributed by atoms with E-state index in [4.69, 9.17) is 0 Å². The highest BCUT2D eigenvalue weighted by atomic mass is 19.1. The smallest absolute Gasteiger partial charge is 0.145 e. The van der Waals surface area contributed by atoms with Gasteiger partial charge in [0.25, 0.3) is 0 Å². The molecule has 4 rings (SSSR count). The number of phenolic OH excluding ortho intramolecular Hbond substituents is 2. The van der Waals surface area contributed by atoms with Crippen molar-refractivity contribution in [2.75, 3.05) is 0 Å². The Morgan fingerprint density at radius 3 is 2.67 bits per heavy atom. The van der Waals surface area contributed by atoms with Crippen LogP contribution in [0.3, 0.4) is 0 Å². The lowest BCUT2D eigenvalue weighted by molar-refractivity contribution is 0.461. The lowest BCUT2D eigenvalue weighted by Crippen LogP contribution is -1.97. The van der Waals surface area contributed by atoms with Crippen molar-refractivity contribution in [3.8, 4) is 22.9 Å². The lowest BCUT2D eigenvalue weighted by atomic mass is 10.1. The fraction of sp³-hybridized carbons (Fsp3) is 0.188. The van der Waals surface area contributed by atoms with Crippen LogP contribution >= 0.6 is 0 Å². The van der Waals surface area contributed by atoms with Crippen molar-refractivity contribution >= 4 is 11.0 Å². The van der Waals surface area contributed by atoms with Gasteiger partial charge in [0.2, 0.25) is 0 Å². The zero-order chi connectivity index (χ0) is 14.6. The molecule has 1 aromatic heterocycles. The highest BCUT2D eigenvalue weighted by Gasteiger charge is 2.29. The van der Waals surface area contributed by atoms with Gasteiger partial charge in [0.05, 0.1) is 16.6 Å². The van der Waals surface area contributed by atoms with E-state index >= 15 is 0 Å². The monoisotopic (exact) mass is 284 g/mol. The minimum atomic E-state index is -0.309. The summed E-state index contributed by atoms with van der Waals surface area (Å²) in [6, 6.07) is 9.07. The summed E-state index contributed by atoms with van der Waals surface area (Å²) in [6.45, 7) is 0. The minimum absolute atomic E-state index is 0.0467. The highest BCUT2D eigenvalue weighted by Crippen LogP contribution is 2.43. The molecular weight excluding hydrogens is 271 g/mol. The van der Waals surface area contributed by atoms with Crippen LogP contribution in [0.25, 0.3) is 22.4 Å². The molecule has 0 amide bonds. The normalized spacial score (nSPS) is 14.7. The van der Waals surface area contributed by atoms with E-state index in [1.54, 1.807) is 6.07 Å². The molecule has 1 saturated carbocycles. The molecule has 0 saturated heterocycles. The van der Waals surface area contributed by atoms with Gasteiger partial charge in [-0.1, -0.05) is 0 Å². The van der Waals surface area contributed by atoms with Crippen LogP contribution in [0.4, 0.5) is 4.39 Å². The topological polar surface area (TPSA) is 58.3 Å². The van der Waals surface area contributed by atoms with Crippen molar-refractivity contribution in [3.05, 3.63) is 42.2 Å². The fourth-order valence-electron chi connectivity index (χ4n) is 2.66. The van der Waals surface area contributed by atoms with Crippen LogP contribution in [0.2, 0.25) is 0 Å². The van der Waals surface area contributed by atoms with Gasteiger partial charge in [-0.3, -0.25) is 0 Å². The predicted octanol–water partition coefficient (Wildman–Crippen LogP) is 3.59. The summed E-state index contributed by atoms with van der Waals surface area (Å²) in [7, 11) is 0. The molecule has 0 atom stereocenters. The molecule has 2 N–H and O–H groups in total. The van der Waals surface area contributed by atoms with Gasteiger partial charge in [0.1, 0.15) is 23.1 Å². The van der Waals surface area contributed by atoms with E-state index < -0.39 is 0 Å². The molecule has 1 heterocycles. The van der Waals surface area contributed by atoms with Crippen molar-refractivity contribution in [3.63, 3.8) is 0 Å². The molecular formula is C16H13FN2O2. The zero-order valence-electron chi connectivity index (χ0n) is 11.1. The van der Waals surface area contributed by atoms with Gasteiger partial charge >= 0.3 is 0 Å². The third-order valence-corrected chi connectivity index (χ3v) is 3.78. The second kappa shape index (κ2) is 4.22. The summed E-state index contributed by atoms with van der Waals surface area (Å²) >= 11 is 0. The van der Waals surface area contributed by atoms with E-state index in [1.807, 2.05) is 4.57 Å². The van der Waals surface area contributed by atoms with Crippen molar-refractivity contribution < 1.29 is 14.6 Å². The number of aromatic nitrogens is 2. The predicted molar refractivity (Wildman–Crippen MR) is 76.7 cm³/mol. The first-order valence-electron chi connectivity index (χ1n) is 6.83. The summed E-state index contributed by atoms with van der Waals surface area (Å²) in [5, 5.41) is 19.7. The van der Waals surface area contributed by atoms with E-state index in [2.05, 4.69) is 4.98 Å². The van der Waals surface area contributed by atoms with E-state index in [0.29, 0.717) is 16.9 Å². The molecule has 0 radical (unpaired) electrons. The first-order valence-corrected chi connectivity index (χ1v) is 6.83. The SMILES string of the molecule is Oc1ccc(O)c(-c2nc3ccc(F)cc3n2C2CC2)c1. The van der Waals surface area contributed by atoms with Gasteiger partial charge < -0.3 is 14.8 Å². The molecule has 106 valence electrons. The number of aromatic hydroxyl groups is 2. The summed E-state index contributed by atoms with van der Waals surface area (Å²) in [6.07, 6.45) is 2.02. The summed E-state index contributed by atoms with van der Waals surface area (Å²) in [5.41, 5.74) is 1.86.